The first-order chi connectivity index (χ1) is 14.9. The standard InChI is InChI=1S/C24H19ClFN3O2/c1-16-2-3-17(22(26)10-16)11-24(30,18-12-27-15-28-13-18)23-9-8-21(14-29-23)31-20-6-4-19(25)5-7-20/h2-10,12-15,30H,11H2,1H3. The van der Waals surface area contributed by atoms with Crippen molar-refractivity contribution in [2.24, 2.45) is 0 Å². The molecule has 2 heterocycles. The van der Waals surface area contributed by atoms with E-state index in [2.05, 4.69) is 15.0 Å². The van der Waals surface area contributed by atoms with Crippen LogP contribution in [0.15, 0.2) is 79.5 Å². The molecule has 0 radical (unpaired) electrons. The quantitative estimate of drug-likeness (QED) is 0.448. The minimum absolute atomic E-state index is 0.0309. The normalized spacial score (nSPS) is 12.9. The molecular weight excluding hydrogens is 417 g/mol. The fraction of sp³-hybridized carbons (Fsp3) is 0.125. The highest BCUT2D eigenvalue weighted by Gasteiger charge is 2.35. The summed E-state index contributed by atoms with van der Waals surface area (Å²) in [7, 11) is 0. The Morgan fingerprint density at radius 2 is 1.68 bits per heavy atom. The summed E-state index contributed by atoms with van der Waals surface area (Å²) in [4.78, 5) is 12.4. The number of hydrogen-bond donors (Lipinski definition) is 1. The molecule has 0 spiro atoms. The van der Waals surface area contributed by atoms with Crippen molar-refractivity contribution in [2.45, 2.75) is 18.9 Å². The summed E-state index contributed by atoms with van der Waals surface area (Å²) in [6, 6.07) is 15.2. The number of aliphatic hydroxyl groups is 1. The van der Waals surface area contributed by atoms with Gasteiger partial charge in [-0.05, 0) is 60.5 Å². The maximum Gasteiger partial charge on any atom is 0.145 e. The zero-order chi connectivity index (χ0) is 21.8. The van der Waals surface area contributed by atoms with E-state index in [-0.39, 0.29) is 6.42 Å². The van der Waals surface area contributed by atoms with Crippen LogP contribution in [0.2, 0.25) is 5.02 Å². The Kier molecular flexibility index (Phi) is 5.93. The second-order valence-corrected chi connectivity index (χ2v) is 7.63. The summed E-state index contributed by atoms with van der Waals surface area (Å²) in [5.74, 6) is 0.699. The van der Waals surface area contributed by atoms with Gasteiger partial charge in [0.2, 0.25) is 0 Å². The van der Waals surface area contributed by atoms with Crippen LogP contribution in [-0.4, -0.2) is 20.1 Å². The highest BCUT2D eigenvalue weighted by atomic mass is 35.5. The molecule has 0 aliphatic heterocycles. The largest absolute Gasteiger partial charge is 0.456 e. The predicted molar refractivity (Wildman–Crippen MR) is 116 cm³/mol. The first-order valence-electron chi connectivity index (χ1n) is 9.57. The zero-order valence-electron chi connectivity index (χ0n) is 16.7. The van der Waals surface area contributed by atoms with Crippen LogP contribution in [0.5, 0.6) is 11.5 Å². The lowest BCUT2D eigenvalue weighted by Gasteiger charge is -2.28. The van der Waals surface area contributed by atoms with Crippen molar-refractivity contribution in [2.75, 3.05) is 0 Å². The van der Waals surface area contributed by atoms with E-state index in [1.54, 1.807) is 48.5 Å². The molecule has 1 atom stereocenters. The van der Waals surface area contributed by atoms with Crippen LogP contribution < -0.4 is 4.74 Å². The van der Waals surface area contributed by atoms with Gasteiger partial charge in [-0.25, -0.2) is 14.4 Å². The lowest BCUT2D eigenvalue weighted by Crippen LogP contribution is -2.32. The summed E-state index contributed by atoms with van der Waals surface area (Å²) in [5.41, 5.74) is 0.269. The van der Waals surface area contributed by atoms with Crippen molar-refractivity contribution in [3.8, 4) is 11.5 Å². The molecule has 0 saturated carbocycles. The van der Waals surface area contributed by atoms with Gasteiger partial charge in [0.05, 0.1) is 11.9 Å². The third-order valence-electron chi connectivity index (χ3n) is 4.90. The van der Waals surface area contributed by atoms with E-state index in [0.29, 0.717) is 33.3 Å². The highest BCUT2D eigenvalue weighted by Crippen LogP contribution is 2.33. The number of rotatable bonds is 6. The highest BCUT2D eigenvalue weighted by molar-refractivity contribution is 6.30. The SMILES string of the molecule is Cc1ccc(CC(O)(c2cncnc2)c2ccc(Oc3ccc(Cl)cc3)cn2)c(F)c1. The molecule has 0 saturated heterocycles. The number of halogens is 2. The summed E-state index contributed by atoms with van der Waals surface area (Å²) in [5, 5.41) is 12.3. The average Bonchev–Trinajstić information content (AvgIpc) is 2.78. The smallest absolute Gasteiger partial charge is 0.145 e. The minimum atomic E-state index is -1.63. The summed E-state index contributed by atoms with van der Waals surface area (Å²) >= 11 is 5.90. The summed E-state index contributed by atoms with van der Waals surface area (Å²) in [6.07, 6.45) is 5.84. The molecule has 7 heteroatoms. The van der Waals surface area contributed by atoms with Gasteiger partial charge in [-0.3, -0.25) is 4.98 Å². The number of benzene rings is 2. The van der Waals surface area contributed by atoms with Crippen molar-refractivity contribution in [1.82, 2.24) is 15.0 Å². The van der Waals surface area contributed by atoms with Gasteiger partial charge in [0, 0.05) is 29.4 Å². The molecule has 0 fully saturated rings. The van der Waals surface area contributed by atoms with Gasteiger partial charge >= 0.3 is 0 Å². The fourth-order valence-corrected chi connectivity index (χ4v) is 3.37. The first kappa shape index (κ1) is 20.9. The van der Waals surface area contributed by atoms with Crippen molar-refractivity contribution in [3.05, 3.63) is 113 Å². The molecule has 31 heavy (non-hydrogen) atoms. The van der Waals surface area contributed by atoms with E-state index in [4.69, 9.17) is 16.3 Å². The van der Waals surface area contributed by atoms with Gasteiger partial charge in [0.15, 0.2) is 0 Å². The summed E-state index contributed by atoms with van der Waals surface area (Å²) in [6.45, 7) is 1.81. The van der Waals surface area contributed by atoms with Crippen LogP contribution in [0, 0.1) is 12.7 Å². The van der Waals surface area contributed by atoms with Crippen LogP contribution in [0.1, 0.15) is 22.4 Å². The lowest BCUT2D eigenvalue weighted by molar-refractivity contribution is 0.0746. The molecule has 1 N–H and O–H groups in total. The van der Waals surface area contributed by atoms with Gasteiger partial charge in [0.1, 0.15) is 29.2 Å². The molecule has 0 aliphatic rings. The molecule has 0 bridgehead atoms. The van der Waals surface area contributed by atoms with Gasteiger partial charge in [0.25, 0.3) is 0 Å². The van der Waals surface area contributed by atoms with Crippen molar-refractivity contribution in [3.63, 3.8) is 0 Å². The predicted octanol–water partition coefficient (Wildman–Crippen LogP) is 5.24. The van der Waals surface area contributed by atoms with Crippen molar-refractivity contribution in [1.29, 1.82) is 0 Å². The second kappa shape index (κ2) is 8.79. The third kappa shape index (κ3) is 4.71. The molecule has 0 aliphatic carbocycles. The van der Waals surface area contributed by atoms with E-state index in [1.807, 2.05) is 6.92 Å². The number of pyridine rings is 1. The molecule has 2 aromatic heterocycles. The zero-order valence-corrected chi connectivity index (χ0v) is 17.4. The number of nitrogens with zero attached hydrogens (tertiary/aromatic N) is 3. The Morgan fingerprint density at radius 3 is 2.32 bits per heavy atom. The minimum Gasteiger partial charge on any atom is -0.456 e. The Labute approximate surface area is 184 Å². The molecule has 4 rings (SSSR count). The molecule has 1 unspecified atom stereocenters. The third-order valence-corrected chi connectivity index (χ3v) is 5.15. The van der Waals surface area contributed by atoms with Crippen LogP contribution in [0.4, 0.5) is 4.39 Å². The number of ether oxygens (including phenoxy) is 1. The summed E-state index contributed by atoms with van der Waals surface area (Å²) < 4.78 is 20.3. The van der Waals surface area contributed by atoms with E-state index >= 15 is 0 Å². The molecule has 0 amide bonds. The monoisotopic (exact) mass is 435 g/mol. The number of hydrogen-bond acceptors (Lipinski definition) is 5. The topological polar surface area (TPSA) is 68.1 Å². The van der Waals surface area contributed by atoms with Gasteiger partial charge in [-0.2, -0.15) is 0 Å². The van der Waals surface area contributed by atoms with E-state index in [1.165, 1.54) is 31.0 Å². The second-order valence-electron chi connectivity index (χ2n) is 7.19. The fourth-order valence-electron chi connectivity index (χ4n) is 3.25. The average molecular weight is 436 g/mol. The van der Waals surface area contributed by atoms with E-state index in [0.717, 1.165) is 5.56 Å². The van der Waals surface area contributed by atoms with Crippen LogP contribution in [0.3, 0.4) is 0 Å². The molecule has 2 aromatic carbocycles. The van der Waals surface area contributed by atoms with Crippen LogP contribution >= 0.6 is 11.6 Å². The Morgan fingerprint density at radius 1 is 0.968 bits per heavy atom. The van der Waals surface area contributed by atoms with E-state index in [9.17, 15) is 9.50 Å². The van der Waals surface area contributed by atoms with Crippen LogP contribution in [-0.2, 0) is 12.0 Å². The van der Waals surface area contributed by atoms with Gasteiger partial charge in [-0.15, -0.1) is 0 Å². The lowest BCUT2D eigenvalue weighted by atomic mass is 9.85. The Hall–Kier alpha value is -3.35. The maximum absolute atomic E-state index is 14.6. The van der Waals surface area contributed by atoms with Gasteiger partial charge < -0.3 is 9.84 Å². The Balaban J connectivity index is 1.67. The Bertz CT molecular complexity index is 1170. The number of aromatic nitrogens is 3. The first-order valence-corrected chi connectivity index (χ1v) is 9.95. The van der Waals surface area contributed by atoms with Crippen molar-refractivity contribution >= 4 is 11.6 Å². The molecule has 5 nitrogen and oxygen atoms in total. The number of aryl methyl sites for hydroxylation is 1. The van der Waals surface area contributed by atoms with Gasteiger partial charge in [-0.1, -0.05) is 23.7 Å². The molecular formula is C24H19ClFN3O2. The maximum atomic E-state index is 14.6. The molecule has 4 aromatic rings. The van der Waals surface area contributed by atoms with E-state index < -0.39 is 11.4 Å². The van der Waals surface area contributed by atoms with Crippen molar-refractivity contribution < 1.29 is 14.2 Å². The van der Waals surface area contributed by atoms with Crippen LogP contribution in [0.25, 0.3) is 0 Å². The molecule has 156 valence electrons.